The van der Waals surface area contributed by atoms with E-state index < -0.39 is 0 Å². The lowest BCUT2D eigenvalue weighted by atomic mass is 9.84. The van der Waals surface area contributed by atoms with Gasteiger partial charge in [0.1, 0.15) is 18.1 Å². The van der Waals surface area contributed by atoms with Gasteiger partial charge in [0.25, 0.3) is 0 Å². The minimum absolute atomic E-state index is 0.0248. The smallest absolute Gasteiger partial charge is 0.185 e. The molecular weight excluding hydrogens is 300 g/mol. The Labute approximate surface area is 142 Å². The van der Waals surface area contributed by atoms with Crippen LogP contribution in [-0.2, 0) is 5.41 Å². The summed E-state index contributed by atoms with van der Waals surface area (Å²) in [5.41, 5.74) is 2.63. The number of nitrogens with zero attached hydrogens (tertiary/aromatic N) is 1. The lowest BCUT2D eigenvalue weighted by molar-refractivity contribution is 0.0999. The van der Waals surface area contributed by atoms with Gasteiger partial charge in [0.05, 0.1) is 12.7 Å². The fraction of sp³-hybridized carbons (Fsp3) is 0.300. The first-order valence-electron chi connectivity index (χ1n) is 8.07. The minimum Gasteiger partial charge on any atom is -0.496 e. The number of Topliss-reactive ketones (excluding diaryl/α,β-unsaturated/α-hetero) is 1. The third kappa shape index (κ3) is 3.04. The highest BCUT2D eigenvalue weighted by Gasteiger charge is 2.26. The summed E-state index contributed by atoms with van der Waals surface area (Å²) < 4.78 is 5.43. The van der Waals surface area contributed by atoms with Gasteiger partial charge < -0.3 is 10.1 Å². The highest BCUT2D eigenvalue weighted by Crippen LogP contribution is 2.27. The van der Waals surface area contributed by atoms with Gasteiger partial charge in [-0.25, -0.2) is 0 Å². The largest absolute Gasteiger partial charge is 0.496 e. The zero-order valence-corrected chi connectivity index (χ0v) is 14.3. The van der Waals surface area contributed by atoms with Gasteiger partial charge in [0.15, 0.2) is 5.78 Å². The van der Waals surface area contributed by atoms with Crippen molar-refractivity contribution in [2.24, 2.45) is 4.99 Å². The van der Waals surface area contributed by atoms with E-state index in [4.69, 9.17) is 4.74 Å². The fourth-order valence-electron chi connectivity index (χ4n) is 2.93. The molecule has 1 N–H and O–H groups in total. The van der Waals surface area contributed by atoms with E-state index in [1.165, 1.54) is 5.56 Å². The summed E-state index contributed by atoms with van der Waals surface area (Å²) in [4.78, 5) is 16.6. The molecule has 2 aromatic rings. The Hall–Kier alpha value is -2.62. The van der Waals surface area contributed by atoms with Gasteiger partial charge in [-0.2, -0.15) is 0 Å². The Bertz CT molecular complexity index is 779. The zero-order chi connectivity index (χ0) is 17.2. The van der Waals surface area contributed by atoms with Crippen LogP contribution in [0.15, 0.2) is 53.5 Å². The van der Waals surface area contributed by atoms with Crippen molar-refractivity contribution in [3.05, 3.63) is 65.2 Å². The third-order valence-corrected chi connectivity index (χ3v) is 4.42. The second-order valence-corrected chi connectivity index (χ2v) is 6.57. The minimum atomic E-state index is -0.0621. The van der Waals surface area contributed by atoms with Crippen molar-refractivity contribution < 1.29 is 9.53 Å². The van der Waals surface area contributed by atoms with Crippen molar-refractivity contribution in [2.75, 3.05) is 20.2 Å². The Morgan fingerprint density at radius 2 is 1.88 bits per heavy atom. The molecule has 4 nitrogen and oxygen atoms in total. The molecule has 0 fully saturated rings. The number of ketones is 1. The molecule has 1 aliphatic rings. The van der Waals surface area contributed by atoms with Crippen LogP contribution < -0.4 is 10.1 Å². The number of ether oxygens (including phenoxy) is 1. The second-order valence-electron chi connectivity index (χ2n) is 6.57. The average molecular weight is 322 g/mol. The first kappa shape index (κ1) is 16.2. The SMILES string of the molecule is COc1cccc2c1C(NCC(C)(C)c1ccccc1)=NCC2=O. The van der Waals surface area contributed by atoms with Gasteiger partial charge in [0, 0.05) is 17.5 Å². The van der Waals surface area contributed by atoms with Gasteiger partial charge in [-0.15, -0.1) is 0 Å². The molecular formula is C20H22N2O2. The van der Waals surface area contributed by atoms with E-state index in [2.05, 4.69) is 36.3 Å². The Morgan fingerprint density at radius 1 is 1.12 bits per heavy atom. The number of carbonyl (C=O) groups is 1. The van der Waals surface area contributed by atoms with Crippen LogP contribution in [0.25, 0.3) is 0 Å². The molecule has 0 saturated heterocycles. The predicted molar refractivity (Wildman–Crippen MR) is 96.2 cm³/mol. The van der Waals surface area contributed by atoms with Crippen LogP contribution in [-0.4, -0.2) is 31.8 Å². The van der Waals surface area contributed by atoms with Crippen LogP contribution in [0.5, 0.6) is 5.75 Å². The summed E-state index contributed by atoms with van der Waals surface area (Å²) in [6.45, 7) is 5.26. The summed E-state index contributed by atoms with van der Waals surface area (Å²) in [5.74, 6) is 1.42. The standard InChI is InChI=1S/C20H22N2O2/c1-20(2,14-8-5-4-6-9-14)13-22-19-18-15(16(23)12-21-19)10-7-11-17(18)24-3/h4-11H,12-13H2,1-3H3,(H,21,22). The molecule has 124 valence electrons. The number of nitrogens with one attached hydrogen (secondary N) is 1. The maximum absolute atomic E-state index is 12.1. The molecule has 0 aliphatic carbocycles. The highest BCUT2D eigenvalue weighted by atomic mass is 16.5. The molecule has 0 spiro atoms. The summed E-state index contributed by atoms with van der Waals surface area (Å²) in [6, 6.07) is 15.9. The van der Waals surface area contributed by atoms with E-state index in [1.807, 2.05) is 36.4 Å². The van der Waals surface area contributed by atoms with Gasteiger partial charge in [-0.1, -0.05) is 56.3 Å². The van der Waals surface area contributed by atoms with E-state index in [0.29, 0.717) is 17.9 Å². The molecule has 24 heavy (non-hydrogen) atoms. The van der Waals surface area contributed by atoms with E-state index in [-0.39, 0.29) is 17.7 Å². The molecule has 1 heterocycles. The second kappa shape index (κ2) is 6.48. The zero-order valence-electron chi connectivity index (χ0n) is 14.3. The molecule has 0 unspecified atom stereocenters. The molecule has 0 atom stereocenters. The number of hydrogen-bond acceptors (Lipinski definition) is 4. The Balaban J connectivity index is 1.86. The van der Waals surface area contributed by atoms with E-state index in [9.17, 15) is 4.79 Å². The van der Waals surface area contributed by atoms with Crippen molar-refractivity contribution in [1.82, 2.24) is 5.32 Å². The van der Waals surface area contributed by atoms with Crippen LogP contribution in [0.1, 0.15) is 35.3 Å². The maximum atomic E-state index is 12.1. The molecule has 0 radical (unpaired) electrons. The van der Waals surface area contributed by atoms with E-state index >= 15 is 0 Å². The Kier molecular flexibility index (Phi) is 4.38. The Morgan fingerprint density at radius 3 is 2.58 bits per heavy atom. The summed E-state index contributed by atoms with van der Waals surface area (Å²) in [5, 5.41) is 3.43. The number of benzene rings is 2. The monoisotopic (exact) mass is 322 g/mol. The lowest BCUT2D eigenvalue weighted by Crippen LogP contribution is -2.39. The van der Waals surface area contributed by atoms with Crippen molar-refractivity contribution in [1.29, 1.82) is 0 Å². The molecule has 0 amide bonds. The predicted octanol–water partition coefficient (Wildman–Crippen LogP) is 3.21. The average Bonchev–Trinajstić information content (AvgIpc) is 2.61. The number of carbonyl (C=O) groups excluding carboxylic acids is 1. The topological polar surface area (TPSA) is 50.7 Å². The van der Waals surface area contributed by atoms with Crippen LogP contribution in [0.2, 0.25) is 0 Å². The summed E-state index contributed by atoms with van der Waals surface area (Å²) >= 11 is 0. The van der Waals surface area contributed by atoms with Gasteiger partial charge in [-0.05, 0) is 11.6 Å². The van der Waals surface area contributed by atoms with Crippen molar-refractivity contribution in [2.45, 2.75) is 19.3 Å². The molecule has 0 aromatic heterocycles. The van der Waals surface area contributed by atoms with E-state index in [1.54, 1.807) is 7.11 Å². The van der Waals surface area contributed by atoms with Crippen molar-refractivity contribution in [3.63, 3.8) is 0 Å². The number of hydrogen-bond donors (Lipinski definition) is 1. The first-order chi connectivity index (χ1) is 11.5. The molecule has 0 saturated carbocycles. The highest BCUT2D eigenvalue weighted by molar-refractivity contribution is 6.15. The lowest BCUT2D eigenvalue weighted by Gasteiger charge is -2.28. The van der Waals surface area contributed by atoms with Crippen LogP contribution in [0.4, 0.5) is 0 Å². The number of fused-ring (bicyclic) bond motifs is 1. The van der Waals surface area contributed by atoms with Crippen molar-refractivity contribution in [3.8, 4) is 5.75 Å². The fourth-order valence-corrected chi connectivity index (χ4v) is 2.93. The maximum Gasteiger partial charge on any atom is 0.185 e. The molecule has 3 rings (SSSR count). The number of amidine groups is 1. The molecule has 0 bridgehead atoms. The number of methoxy groups -OCH3 is 1. The molecule has 2 aromatic carbocycles. The number of rotatable bonds is 4. The molecule has 4 heteroatoms. The molecule has 1 aliphatic heterocycles. The van der Waals surface area contributed by atoms with Gasteiger partial charge in [0.2, 0.25) is 0 Å². The normalized spacial score (nSPS) is 14.0. The van der Waals surface area contributed by atoms with Crippen molar-refractivity contribution >= 4 is 11.6 Å². The van der Waals surface area contributed by atoms with Crippen LogP contribution in [0.3, 0.4) is 0 Å². The van der Waals surface area contributed by atoms with Crippen LogP contribution >= 0.6 is 0 Å². The summed E-state index contributed by atoms with van der Waals surface area (Å²) in [6.07, 6.45) is 0. The summed E-state index contributed by atoms with van der Waals surface area (Å²) in [7, 11) is 1.61. The quantitative estimate of drug-likeness (QED) is 0.940. The van der Waals surface area contributed by atoms with Gasteiger partial charge in [-0.3, -0.25) is 9.79 Å². The number of aliphatic imine (C=N–C) groups is 1. The van der Waals surface area contributed by atoms with E-state index in [0.717, 1.165) is 11.4 Å². The van der Waals surface area contributed by atoms with Gasteiger partial charge >= 0.3 is 0 Å². The van der Waals surface area contributed by atoms with Crippen LogP contribution in [0, 0.1) is 0 Å². The third-order valence-electron chi connectivity index (χ3n) is 4.42. The first-order valence-corrected chi connectivity index (χ1v) is 8.07.